The highest BCUT2D eigenvalue weighted by Gasteiger charge is 2.47. The normalized spacial score (nSPS) is 42.1. The van der Waals surface area contributed by atoms with Crippen LogP contribution < -0.4 is 0 Å². The van der Waals surface area contributed by atoms with Crippen LogP contribution in [0.2, 0.25) is 0 Å². The summed E-state index contributed by atoms with van der Waals surface area (Å²) in [5.41, 5.74) is 0. The van der Waals surface area contributed by atoms with Crippen LogP contribution in [0.4, 0.5) is 0 Å². The Hall–Kier alpha value is -0.810. The zero-order valence-corrected chi connectivity index (χ0v) is 14.7. The second kappa shape index (κ2) is 10.3. The summed E-state index contributed by atoms with van der Waals surface area (Å²) in [7, 11) is 0. The van der Waals surface area contributed by atoms with Crippen molar-refractivity contribution in [3.05, 3.63) is 0 Å². The maximum atomic E-state index is 10.7. The van der Waals surface area contributed by atoms with Gasteiger partial charge in [-0.3, -0.25) is 0 Å². The van der Waals surface area contributed by atoms with E-state index in [0.717, 1.165) is 0 Å². The number of aliphatic hydroxyl groups excluding tert-OH is 8. The lowest BCUT2D eigenvalue weighted by atomic mass is 10.1. The van der Waals surface area contributed by atoms with E-state index in [1.54, 1.807) is 0 Å². The van der Waals surface area contributed by atoms with E-state index >= 15 is 0 Å². The maximum Gasteiger partial charge on any atom is 0.187 e. The van der Waals surface area contributed by atoms with Crippen molar-refractivity contribution >= 4 is 6.29 Å². The molecule has 28 heavy (non-hydrogen) atoms. The molecular weight excluding hydrogens is 388 g/mol. The van der Waals surface area contributed by atoms with Crippen LogP contribution in [0, 0.1) is 0 Å². The van der Waals surface area contributed by atoms with Gasteiger partial charge < -0.3 is 64.6 Å². The average molecular weight is 414 g/mol. The molecule has 2 aliphatic rings. The minimum Gasteiger partial charge on any atom is -0.394 e. The molecule has 0 unspecified atom stereocenters. The van der Waals surface area contributed by atoms with Gasteiger partial charge >= 0.3 is 0 Å². The number of aliphatic hydroxyl groups is 8. The number of hydrogen-bond donors (Lipinski definition) is 8. The molecule has 2 saturated heterocycles. The molecule has 0 bridgehead atoms. The summed E-state index contributed by atoms with van der Waals surface area (Å²) in [5, 5.41) is 77.0. The summed E-state index contributed by atoms with van der Waals surface area (Å²) in [5.74, 6) is 0. The van der Waals surface area contributed by atoms with Gasteiger partial charge in [-0.1, -0.05) is 0 Å². The van der Waals surface area contributed by atoms with Crippen LogP contribution in [0.5, 0.6) is 0 Å². The van der Waals surface area contributed by atoms with Crippen molar-refractivity contribution in [1.29, 1.82) is 0 Å². The Morgan fingerprint density at radius 1 is 1.00 bits per heavy atom. The number of ether oxygens (including phenoxy) is 4. The van der Waals surface area contributed by atoms with E-state index in [4.69, 9.17) is 24.1 Å². The third-order valence-corrected chi connectivity index (χ3v) is 4.53. The minimum atomic E-state index is -1.83. The molecule has 0 aromatic carbocycles. The molecule has 2 fully saturated rings. The van der Waals surface area contributed by atoms with Crippen molar-refractivity contribution in [3.63, 3.8) is 0 Å². The molecule has 0 aromatic rings. The lowest BCUT2D eigenvalue weighted by Crippen LogP contribution is -2.54. The zero-order valence-electron chi connectivity index (χ0n) is 14.7. The van der Waals surface area contributed by atoms with E-state index in [-0.39, 0.29) is 12.9 Å². The number of carbonyl (C=O) groups excluding carboxylic acids is 1. The van der Waals surface area contributed by atoms with Crippen LogP contribution in [-0.4, -0.2) is 134 Å². The molecule has 0 aromatic heterocycles. The third-order valence-electron chi connectivity index (χ3n) is 4.53. The number of aldehydes is 1. The molecular formula is C15H26O13. The monoisotopic (exact) mass is 414 g/mol. The van der Waals surface area contributed by atoms with Crippen LogP contribution in [0.1, 0.15) is 0 Å². The summed E-state index contributed by atoms with van der Waals surface area (Å²) in [6.07, 6.45) is -16.7. The number of hydrogen-bond acceptors (Lipinski definition) is 13. The Balaban J connectivity index is 1.93. The molecule has 2 heterocycles. The molecule has 0 saturated carbocycles. The lowest BCUT2D eigenvalue weighted by Gasteiger charge is -2.35. The van der Waals surface area contributed by atoms with Gasteiger partial charge in [-0.2, -0.15) is 0 Å². The lowest BCUT2D eigenvalue weighted by molar-refractivity contribution is -0.281. The summed E-state index contributed by atoms with van der Waals surface area (Å²) in [6.45, 7) is -1.57. The topological polar surface area (TPSA) is 216 Å². The first-order chi connectivity index (χ1) is 13.2. The number of rotatable bonds is 9. The van der Waals surface area contributed by atoms with Crippen LogP contribution >= 0.6 is 0 Å². The number of carbonyl (C=O) groups is 1. The molecule has 164 valence electrons. The van der Waals surface area contributed by atoms with Crippen LogP contribution in [-0.2, 0) is 23.7 Å². The van der Waals surface area contributed by atoms with Gasteiger partial charge in [0.1, 0.15) is 54.9 Å². The Morgan fingerprint density at radius 3 is 2.25 bits per heavy atom. The van der Waals surface area contributed by atoms with Gasteiger partial charge in [0.15, 0.2) is 18.9 Å². The molecule has 13 nitrogen and oxygen atoms in total. The highest BCUT2D eigenvalue weighted by Crippen LogP contribution is 2.26. The molecule has 2 rings (SSSR count). The van der Waals surface area contributed by atoms with Crippen LogP contribution in [0.25, 0.3) is 0 Å². The van der Waals surface area contributed by atoms with Crippen molar-refractivity contribution in [2.24, 2.45) is 0 Å². The van der Waals surface area contributed by atoms with Gasteiger partial charge in [0.05, 0.1) is 19.8 Å². The zero-order chi connectivity index (χ0) is 21.0. The largest absolute Gasteiger partial charge is 0.394 e. The molecule has 0 spiro atoms. The fourth-order valence-electron chi connectivity index (χ4n) is 2.82. The Bertz CT molecular complexity index is 493. The van der Waals surface area contributed by atoms with Crippen molar-refractivity contribution in [2.75, 3.05) is 19.8 Å². The van der Waals surface area contributed by atoms with Crippen LogP contribution in [0.3, 0.4) is 0 Å². The molecule has 0 radical (unpaired) electrons. The summed E-state index contributed by atoms with van der Waals surface area (Å²) in [6, 6.07) is 0. The predicted molar refractivity (Wildman–Crippen MR) is 84.4 cm³/mol. The first kappa shape index (κ1) is 23.5. The van der Waals surface area contributed by atoms with E-state index in [1.165, 1.54) is 0 Å². The second-order valence-corrected chi connectivity index (χ2v) is 6.58. The van der Waals surface area contributed by atoms with E-state index in [2.05, 4.69) is 0 Å². The van der Waals surface area contributed by atoms with Gasteiger partial charge in [-0.15, -0.1) is 0 Å². The molecule has 11 atom stereocenters. The van der Waals surface area contributed by atoms with Gasteiger partial charge in [-0.05, 0) is 0 Å². The highest BCUT2D eigenvalue weighted by atomic mass is 16.7. The smallest absolute Gasteiger partial charge is 0.187 e. The third kappa shape index (κ3) is 5.21. The molecule has 0 amide bonds. The van der Waals surface area contributed by atoms with Gasteiger partial charge in [0, 0.05) is 0 Å². The summed E-state index contributed by atoms with van der Waals surface area (Å²) >= 11 is 0. The van der Waals surface area contributed by atoms with Crippen molar-refractivity contribution in [2.45, 2.75) is 67.5 Å². The van der Waals surface area contributed by atoms with E-state index in [9.17, 15) is 40.5 Å². The maximum absolute atomic E-state index is 10.7. The minimum absolute atomic E-state index is 0.0590. The first-order valence-electron chi connectivity index (χ1n) is 8.58. The molecule has 0 aliphatic carbocycles. The quantitative estimate of drug-likeness (QED) is 0.165. The first-order valence-corrected chi connectivity index (χ1v) is 8.58. The van der Waals surface area contributed by atoms with E-state index < -0.39 is 80.7 Å². The van der Waals surface area contributed by atoms with Crippen molar-refractivity contribution in [1.82, 2.24) is 0 Å². The second-order valence-electron chi connectivity index (χ2n) is 6.58. The average Bonchev–Trinajstić information content (AvgIpc) is 2.96. The highest BCUT2D eigenvalue weighted by molar-refractivity contribution is 5.56. The summed E-state index contributed by atoms with van der Waals surface area (Å²) < 4.78 is 20.7. The SMILES string of the molecule is O=C[C@H](O)[C@@H](O[C@@H]1O[C@@H](CO[C@@H]2OC[C@@H](O)[C@H](O)[C@H]2O)[C@H](O)[C@H]1O)[C@@H](O)CO. The fraction of sp³-hybridized carbons (Fsp3) is 0.933. The molecule has 2 aliphatic heterocycles. The summed E-state index contributed by atoms with van der Waals surface area (Å²) in [4.78, 5) is 10.7. The van der Waals surface area contributed by atoms with Gasteiger partial charge in [0.2, 0.25) is 0 Å². The van der Waals surface area contributed by atoms with Gasteiger partial charge in [-0.25, -0.2) is 0 Å². The Morgan fingerprint density at radius 2 is 1.64 bits per heavy atom. The van der Waals surface area contributed by atoms with E-state index in [1.807, 2.05) is 0 Å². The van der Waals surface area contributed by atoms with Crippen LogP contribution in [0.15, 0.2) is 0 Å². The van der Waals surface area contributed by atoms with Crippen molar-refractivity contribution < 1.29 is 64.6 Å². The van der Waals surface area contributed by atoms with E-state index in [0.29, 0.717) is 0 Å². The Labute approximate surface area is 159 Å². The fourth-order valence-corrected chi connectivity index (χ4v) is 2.82. The molecule has 8 N–H and O–H groups in total. The standard InChI is InChI=1S/C15H26O13/c16-1-5(18)13(6(19)2-17)28-15-12(24)10(22)8(27-15)4-26-14-11(23)9(21)7(20)3-25-14/h1,5-15,17-24H,2-4H2/t5-,6-,7+,8-,9-,10-,11+,12+,13+,14-,15-/m0/s1. The Kier molecular flexibility index (Phi) is 8.62. The molecule has 13 heteroatoms. The van der Waals surface area contributed by atoms with Crippen molar-refractivity contribution in [3.8, 4) is 0 Å². The predicted octanol–water partition coefficient (Wildman–Crippen LogP) is -5.81. The van der Waals surface area contributed by atoms with Gasteiger partial charge in [0.25, 0.3) is 0 Å².